The minimum Gasteiger partial charge on any atom is -0.364 e. The van der Waals surface area contributed by atoms with E-state index in [1.807, 2.05) is 10.6 Å². The molecule has 0 aromatic carbocycles. The fraction of sp³-hybridized carbons (Fsp3) is 0.571. The SMILES string of the molecule is CC(C)(C)C(c1cscn1)N1OC(C2CC2)C=C1c1c(C(N)=O)noc1C1CC1. The van der Waals surface area contributed by atoms with E-state index in [-0.39, 0.29) is 23.3 Å². The summed E-state index contributed by atoms with van der Waals surface area (Å²) in [4.78, 5) is 23.3. The van der Waals surface area contributed by atoms with E-state index in [0.29, 0.717) is 17.4 Å². The van der Waals surface area contributed by atoms with Crippen LogP contribution in [0.5, 0.6) is 0 Å². The van der Waals surface area contributed by atoms with Gasteiger partial charge in [-0.25, -0.2) is 10.0 Å². The number of nitrogens with zero attached hydrogens (tertiary/aromatic N) is 3. The number of rotatable bonds is 6. The summed E-state index contributed by atoms with van der Waals surface area (Å²) in [7, 11) is 0. The predicted octanol–water partition coefficient (Wildman–Crippen LogP) is 4.26. The fourth-order valence-electron chi connectivity index (χ4n) is 4.10. The summed E-state index contributed by atoms with van der Waals surface area (Å²) in [5.41, 5.74) is 10.0. The molecule has 2 aliphatic carbocycles. The zero-order chi connectivity index (χ0) is 20.3. The van der Waals surface area contributed by atoms with Crippen molar-refractivity contribution in [1.82, 2.24) is 15.2 Å². The van der Waals surface area contributed by atoms with Gasteiger partial charge in [-0.15, -0.1) is 11.3 Å². The molecule has 7 nitrogen and oxygen atoms in total. The molecule has 154 valence electrons. The quantitative estimate of drug-likeness (QED) is 0.759. The molecule has 0 spiro atoms. The molecule has 3 heterocycles. The third kappa shape index (κ3) is 3.38. The molecule has 2 fully saturated rings. The van der Waals surface area contributed by atoms with Gasteiger partial charge in [-0.1, -0.05) is 25.9 Å². The van der Waals surface area contributed by atoms with E-state index in [1.54, 1.807) is 11.3 Å². The number of carbonyl (C=O) groups is 1. The Morgan fingerprint density at radius 1 is 1.31 bits per heavy atom. The topological polar surface area (TPSA) is 94.5 Å². The smallest absolute Gasteiger partial charge is 0.271 e. The Morgan fingerprint density at radius 2 is 2.07 bits per heavy atom. The van der Waals surface area contributed by atoms with Gasteiger partial charge in [0.15, 0.2) is 5.69 Å². The van der Waals surface area contributed by atoms with Crippen LogP contribution in [0.4, 0.5) is 0 Å². The maximum absolute atomic E-state index is 12.2. The summed E-state index contributed by atoms with van der Waals surface area (Å²) in [6.07, 6.45) is 6.50. The Morgan fingerprint density at radius 3 is 2.62 bits per heavy atom. The molecule has 2 N–H and O–H groups in total. The van der Waals surface area contributed by atoms with Gasteiger partial charge < -0.3 is 10.3 Å². The lowest BCUT2D eigenvalue weighted by Gasteiger charge is -2.38. The molecular formula is C21H26N4O3S. The van der Waals surface area contributed by atoms with Crippen molar-refractivity contribution in [3.05, 3.63) is 39.7 Å². The van der Waals surface area contributed by atoms with Crippen LogP contribution in [0.15, 0.2) is 21.5 Å². The number of thiazole rings is 1. The van der Waals surface area contributed by atoms with Gasteiger partial charge >= 0.3 is 0 Å². The van der Waals surface area contributed by atoms with Crippen LogP contribution in [0, 0.1) is 11.3 Å². The number of hydroxylamine groups is 2. The minimum atomic E-state index is -0.577. The van der Waals surface area contributed by atoms with E-state index in [9.17, 15) is 4.79 Å². The van der Waals surface area contributed by atoms with Gasteiger partial charge in [-0.05, 0) is 43.1 Å². The Labute approximate surface area is 173 Å². The monoisotopic (exact) mass is 414 g/mol. The van der Waals surface area contributed by atoms with Crippen LogP contribution in [0.1, 0.15) is 85.9 Å². The number of nitrogens with two attached hydrogens (primary N) is 1. The molecule has 8 heteroatoms. The lowest BCUT2D eigenvalue weighted by molar-refractivity contribution is -0.175. The van der Waals surface area contributed by atoms with Gasteiger partial charge in [0.2, 0.25) is 0 Å². The maximum Gasteiger partial charge on any atom is 0.271 e. The van der Waals surface area contributed by atoms with Crippen LogP contribution >= 0.6 is 11.3 Å². The van der Waals surface area contributed by atoms with E-state index >= 15 is 0 Å². The number of hydrogen-bond acceptors (Lipinski definition) is 7. The minimum absolute atomic E-state index is 0.0174. The lowest BCUT2D eigenvalue weighted by atomic mass is 9.84. The van der Waals surface area contributed by atoms with Crippen molar-refractivity contribution in [1.29, 1.82) is 0 Å². The fourth-order valence-corrected chi connectivity index (χ4v) is 4.68. The van der Waals surface area contributed by atoms with Crippen molar-refractivity contribution in [3.8, 4) is 0 Å². The molecule has 0 saturated heterocycles. The summed E-state index contributed by atoms with van der Waals surface area (Å²) in [5, 5.41) is 8.05. The summed E-state index contributed by atoms with van der Waals surface area (Å²) in [5.74, 6) is 0.973. The summed E-state index contributed by atoms with van der Waals surface area (Å²) in [6, 6.07) is -0.119. The highest BCUT2D eigenvalue weighted by Crippen LogP contribution is 2.51. The molecule has 1 aliphatic heterocycles. The molecule has 2 unspecified atom stereocenters. The number of amides is 1. The van der Waals surface area contributed by atoms with Crippen LogP contribution < -0.4 is 5.73 Å². The number of primary amides is 1. The molecule has 2 atom stereocenters. The largest absolute Gasteiger partial charge is 0.364 e. The van der Waals surface area contributed by atoms with Crippen molar-refractivity contribution in [2.45, 2.75) is 64.5 Å². The molecule has 2 aromatic heterocycles. The third-order valence-corrected chi connectivity index (χ3v) is 6.43. The van der Waals surface area contributed by atoms with Gasteiger partial charge in [-0.3, -0.25) is 9.63 Å². The van der Waals surface area contributed by atoms with E-state index in [4.69, 9.17) is 15.1 Å². The summed E-state index contributed by atoms with van der Waals surface area (Å²) >= 11 is 1.57. The highest BCUT2D eigenvalue weighted by Gasteiger charge is 2.47. The Hall–Kier alpha value is -2.19. The molecule has 5 rings (SSSR count). The van der Waals surface area contributed by atoms with E-state index in [1.165, 1.54) is 0 Å². The first-order valence-electron chi connectivity index (χ1n) is 10.2. The average Bonchev–Trinajstić information content (AvgIpc) is 3.53. The lowest BCUT2D eigenvalue weighted by Crippen LogP contribution is -2.36. The second-order valence-electron chi connectivity index (χ2n) is 9.38. The Kier molecular flexibility index (Phi) is 4.33. The second-order valence-corrected chi connectivity index (χ2v) is 10.1. The maximum atomic E-state index is 12.2. The summed E-state index contributed by atoms with van der Waals surface area (Å²) in [6.45, 7) is 6.52. The van der Waals surface area contributed by atoms with Gasteiger partial charge in [-0.2, -0.15) is 0 Å². The zero-order valence-electron chi connectivity index (χ0n) is 16.9. The van der Waals surface area contributed by atoms with Crippen LogP contribution in [0.25, 0.3) is 5.70 Å². The molecule has 29 heavy (non-hydrogen) atoms. The van der Waals surface area contributed by atoms with Crippen LogP contribution in [0.3, 0.4) is 0 Å². The molecular weight excluding hydrogens is 388 g/mol. The van der Waals surface area contributed by atoms with Crippen molar-refractivity contribution in [2.24, 2.45) is 17.1 Å². The van der Waals surface area contributed by atoms with Crippen molar-refractivity contribution >= 4 is 22.9 Å². The van der Waals surface area contributed by atoms with Crippen LogP contribution in [-0.2, 0) is 4.84 Å². The molecule has 1 amide bonds. The zero-order valence-corrected chi connectivity index (χ0v) is 17.7. The molecule has 2 saturated carbocycles. The van der Waals surface area contributed by atoms with E-state index in [2.05, 4.69) is 42.4 Å². The molecule has 3 aliphatic rings. The first-order valence-corrected chi connectivity index (χ1v) is 11.1. The first kappa shape index (κ1) is 18.8. The molecule has 2 aromatic rings. The van der Waals surface area contributed by atoms with Gasteiger partial charge in [0.25, 0.3) is 5.91 Å². The highest BCUT2D eigenvalue weighted by atomic mass is 32.1. The standard InChI is InChI=1S/C21H26N4O3S/c1-21(2,3)19(13-9-29-10-23-13)25-14(8-15(28-25)11-4-5-11)16-17(20(22)26)24-27-18(16)12-6-7-12/h8-12,15,19H,4-7H2,1-3H3,(H2,22,26). The normalized spacial score (nSPS) is 23.3. The number of carbonyl (C=O) groups excluding carboxylic acids is 1. The van der Waals surface area contributed by atoms with Crippen LogP contribution in [0.2, 0.25) is 0 Å². The Bertz CT molecular complexity index is 951. The molecule has 0 radical (unpaired) electrons. The predicted molar refractivity (Wildman–Crippen MR) is 109 cm³/mol. The van der Waals surface area contributed by atoms with Crippen LogP contribution in [-0.4, -0.2) is 27.2 Å². The highest BCUT2D eigenvalue weighted by molar-refractivity contribution is 7.07. The second kappa shape index (κ2) is 6.67. The average molecular weight is 415 g/mol. The Balaban J connectivity index is 1.64. The van der Waals surface area contributed by atoms with Gasteiger partial charge in [0, 0.05) is 11.3 Å². The van der Waals surface area contributed by atoms with E-state index in [0.717, 1.165) is 42.8 Å². The summed E-state index contributed by atoms with van der Waals surface area (Å²) < 4.78 is 5.62. The third-order valence-electron chi connectivity index (χ3n) is 5.82. The van der Waals surface area contributed by atoms with Gasteiger partial charge in [0.05, 0.1) is 22.5 Å². The van der Waals surface area contributed by atoms with Crippen molar-refractivity contribution < 1.29 is 14.2 Å². The number of hydrogen-bond donors (Lipinski definition) is 1. The van der Waals surface area contributed by atoms with Crippen molar-refractivity contribution in [2.75, 3.05) is 0 Å². The number of aromatic nitrogens is 2. The molecule has 0 bridgehead atoms. The first-order chi connectivity index (χ1) is 13.8. The van der Waals surface area contributed by atoms with Crippen molar-refractivity contribution in [3.63, 3.8) is 0 Å². The van der Waals surface area contributed by atoms with E-state index < -0.39 is 5.91 Å². The van der Waals surface area contributed by atoms with Gasteiger partial charge in [0.1, 0.15) is 17.9 Å².